The van der Waals surface area contributed by atoms with E-state index in [2.05, 4.69) is 30.1 Å². The van der Waals surface area contributed by atoms with Crippen LogP contribution in [0.15, 0.2) is 47.7 Å². The van der Waals surface area contributed by atoms with Crippen LogP contribution in [-0.2, 0) is 19.0 Å². The number of unbranched alkanes of at least 4 members (excludes halogenated alkanes) is 11. The number of carbonyl (C=O) groups excluding carboxylic acids is 2. The van der Waals surface area contributed by atoms with Crippen molar-refractivity contribution in [1.29, 1.82) is 0 Å². The summed E-state index contributed by atoms with van der Waals surface area (Å²) in [5.41, 5.74) is 2.37. The van der Waals surface area contributed by atoms with Crippen molar-refractivity contribution in [2.24, 2.45) is 22.9 Å². The number of hydrogen-bond donors (Lipinski definition) is 4. The fourth-order valence-electron chi connectivity index (χ4n) is 9.65. The van der Waals surface area contributed by atoms with Gasteiger partial charge in [-0.3, -0.25) is 4.90 Å². The molecule has 6 atom stereocenters. The third-order valence-corrected chi connectivity index (χ3v) is 12.4. The van der Waals surface area contributed by atoms with Crippen LogP contribution in [0.2, 0.25) is 0 Å². The molecular weight excluding hydrogens is 795 g/mol. The lowest BCUT2D eigenvalue weighted by molar-refractivity contribution is -0.256. The molecule has 4 rings (SSSR count). The molecular formula is C48H77N3O11. The minimum absolute atomic E-state index is 0.00441. The van der Waals surface area contributed by atoms with Gasteiger partial charge in [0, 0.05) is 44.2 Å². The van der Waals surface area contributed by atoms with Crippen molar-refractivity contribution in [2.45, 2.75) is 141 Å². The van der Waals surface area contributed by atoms with Gasteiger partial charge in [-0.15, -0.1) is 6.58 Å². The molecule has 0 saturated heterocycles. The molecule has 1 heterocycles. The third kappa shape index (κ3) is 14.2. The molecule has 1 fully saturated rings. The van der Waals surface area contributed by atoms with E-state index < -0.39 is 29.9 Å². The highest BCUT2D eigenvalue weighted by Gasteiger charge is 2.65. The van der Waals surface area contributed by atoms with Gasteiger partial charge in [0.25, 0.3) is 0 Å². The number of aliphatic hydroxyl groups excluding tert-OH is 3. The van der Waals surface area contributed by atoms with Crippen LogP contribution in [0.5, 0.6) is 11.5 Å². The first-order valence-electron chi connectivity index (χ1n) is 23.5. The summed E-state index contributed by atoms with van der Waals surface area (Å²) >= 11 is 0. The number of nitrogens with one attached hydrogen (secondary N) is 1. The van der Waals surface area contributed by atoms with E-state index in [9.17, 15) is 24.9 Å². The second kappa shape index (κ2) is 28.2. The van der Waals surface area contributed by atoms with Crippen LogP contribution in [0.25, 0.3) is 0 Å². The maximum absolute atomic E-state index is 14.5. The maximum atomic E-state index is 14.5. The van der Waals surface area contributed by atoms with Crippen LogP contribution in [-0.4, -0.2) is 116 Å². The number of aliphatic hydroxyl groups is 3. The molecule has 14 heteroatoms. The van der Waals surface area contributed by atoms with Gasteiger partial charge in [0.2, 0.25) is 5.79 Å². The van der Waals surface area contributed by atoms with E-state index in [1.807, 2.05) is 13.0 Å². The Labute approximate surface area is 370 Å². The predicted molar refractivity (Wildman–Crippen MR) is 239 cm³/mol. The zero-order valence-corrected chi connectivity index (χ0v) is 37.9. The zero-order chi connectivity index (χ0) is 44.6. The molecule has 4 N–H and O–H groups in total. The van der Waals surface area contributed by atoms with Gasteiger partial charge in [0.15, 0.2) is 0 Å². The number of benzene rings is 1. The van der Waals surface area contributed by atoms with Crippen LogP contribution >= 0.6 is 0 Å². The Balaban J connectivity index is 1.80. The third-order valence-electron chi connectivity index (χ3n) is 12.4. The van der Waals surface area contributed by atoms with Crippen LogP contribution in [0.1, 0.15) is 134 Å². The van der Waals surface area contributed by atoms with Crippen molar-refractivity contribution >= 4 is 17.9 Å². The molecule has 62 heavy (non-hydrogen) atoms. The molecule has 1 aliphatic heterocycles. The molecule has 0 radical (unpaired) electrons. The largest absolute Gasteiger partial charge is 0.459 e. The van der Waals surface area contributed by atoms with Crippen molar-refractivity contribution in [3.63, 3.8) is 0 Å². The van der Waals surface area contributed by atoms with E-state index in [0.717, 1.165) is 56.1 Å². The van der Waals surface area contributed by atoms with Crippen LogP contribution in [0, 0.1) is 17.8 Å². The Morgan fingerprint density at radius 1 is 0.919 bits per heavy atom. The molecule has 3 aliphatic rings. The number of carbonyl (C=O) groups is 2. The average molecular weight is 872 g/mol. The highest BCUT2D eigenvalue weighted by atomic mass is 16.7. The molecule has 0 bridgehead atoms. The minimum Gasteiger partial charge on any atom is -0.459 e. The molecule has 0 aromatic heterocycles. The summed E-state index contributed by atoms with van der Waals surface area (Å²) in [5, 5.41) is 36.6. The van der Waals surface area contributed by atoms with Gasteiger partial charge in [-0.2, -0.15) is 0 Å². The highest BCUT2D eigenvalue weighted by Crippen LogP contribution is 2.62. The van der Waals surface area contributed by atoms with Crippen LogP contribution in [0.3, 0.4) is 0 Å². The number of oxime groups is 1. The van der Waals surface area contributed by atoms with Crippen molar-refractivity contribution in [1.82, 2.24) is 10.2 Å². The summed E-state index contributed by atoms with van der Waals surface area (Å²) in [7, 11) is 1.51. The second-order valence-corrected chi connectivity index (χ2v) is 16.7. The van der Waals surface area contributed by atoms with E-state index in [4.69, 9.17) is 28.5 Å². The lowest BCUT2D eigenvalue weighted by atomic mass is 9.55. The normalized spacial score (nSPS) is 23.1. The second-order valence-electron chi connectivity index (χ2n) is 16.7. The molecule has 2 amide bonds. The molecule has 0 spiro atoms. The SMILES string of the molecule is C=CCOC12Oc3ccc(OC(=O)NCC)cc3C3C(CCCCO)C(CCCCO)C=C(C(=NOC)CC1N(CCOCCO)C(=O)OCCCCCCCCCCCC)C32. The van der Waals surface area contributed by atoms with Crippen molar-refractivity contribution in [2.75, 3.05) is 66.4 Å². The van der Waals surface area contributed by atoms with Gasteiger partial charge in [-0.05, 0) is 74.6 Å². The molecule has 2 aliphatic carbocycles. The Morgan fingerprint density at radius 3 is 2.29 bits per heavy atom. The predicted octanol–water partition coefficient (Wildman–Crippen LogP) is 8.43. The smallest absolute Gasteiger partial charge is 0.412 e. The van der Waals surface area contributed by atoms with Gasteiger partial charge in [-0.1, -0.05) is 94.9 Å². The van der Waals surface area contributed by atoms with Crippen molar-refractivity contribution in [3.05, 3.63) is 48.1 Å². The summed E-state index contributed by atoms with van der Waals surface area (Å²) < 4.78 is 31.8. The van der Waals surface area contributed by atoms with Crippen LogP contribution in [0.4, 0.5) is 9.59 Å². The topological polar surface area (TPSA) is 178 Å². The number of rotatable bonds is 31. The van der Waals surface area contributed by atoms with Crippen molar-refractivity contribution < 1.29 is 53.4 Å². The number of ether oxygens (including phenoxy) is 5. The molecule has 1 aromatic rings. The summed E-state index contributed by atoms with van der Waals surface area (Å²) in [6, 6.07) is 4.59. The number of fused-ring (bicyclic) bond motifs is 2. The Bertz CT molecular complexity index is 1560. The van der Waals surface area contributed by atoms with E-state index in [-0.39, 0.29) is 77.0 Å². The Morgan fingerprint density at radius 2 is 1.63 bits per heavy atom. The van der Waals surface area contributed by atoms with Crippen molar-refractivity contribution in [3.8, 4) is 11.5 Å². The zero-order valence-electron chi connectivity index (χ0n) is 37.9. The molecule has 1 aromatic carbocycles. The number of amides is 2. The summed E-state index contributed by atoms with van der Waals surface area (Å²) in [5.74, 6) is -1.38. The average Bonchev–Trinajstić information content (AvgIpc) is 3.26. The van der Waals surface area contributed by atoms with E-state index in [1.54, 1.807) is 23.1 Å². The van der Waals surface area contributed by atoms with Gasteiger partial charge < -0.3 is 49.2 Å². The fraction of sp³-hybridized carbons (Fsp3) is 0.729. The van der Waals surface area contributed by atoms with E-state index in [1.165, 1.54) is 52.1 Å². The minimum atomic E-state index is -1.48. The van der Waals surface area contributed by atoms with Gasteiger partial charge >= 0.3 is 12.2 Å². The van der Waals surface area contributed by atoms with E-state index >= 15 is 0 Å². The quantitative estimate of drug-likeness (QED) is 0.0320. The van der Waals surface area contributed by atoms with Gasteiger partial charge in [0.1, 0.15) is 24.7 Å². The first-order chi connectivity index (χ1) is 30.3. The van der Waals surface area contributed by atoms with E-state index in [0.29, 0.717) is 36.6 Å². The van der Waals surface area contributed by atoms with Crippen LogP contribution < -0.4 is 14.8 Å². The maximum Gasteiger partial charge on any atom is 0.412 e. The van der Waals surface area contributed by atoms with Gasteiger partial charge in [0.05, 0.1) is 44.7 Å². The Hall–Kier alpha value is -3.69. The molecule has 14 nitrogen and oxygen atoms in total. The molecule has 350 valence electrons. The first kappa shape index (κ1) is 50.9. The standard InChI is InChI=1S/C48H77N3O11/c1-5-8-9-10-11-12-13-14-15-20-30-59-47(56)51(25-31-58-32-28-54)43-35-41(50-57-4)39-33-36(21-16-18-26-52)38(22-17-19-27-53)44-40-34-37(61-46(55)49-7-3)23-24-42(40)62-48(43,45(39)44)60-29-6-2/h6,23-24,33-34,36,38,43-45,52-54H,2,5,7-22,25-32,35H2,1,3-4H3,(H,49,55). The molecule has 1 saturated carbocycles. The summed E-state index contributed by atoms with van der Waals surface area (Å²) in [6.45, 7) is 9.17. The lowest BCUT2D eigenvalue weighted by Gasteiger charge is -2.59. The summed E-state index contributed by atoms with van der Waals surface area (Å²) in [6.07, 6.45) is 19.0. The number of hydrogen-bond acceptors (Lipinski definition) is 12. The number of allylic oxidation sites excluding steroid dienone is 1. The summed E-state index contributed by atoms with van der Waals surface area (Å²) in [4.78, 5) is 34.4. The fourth-order valence-corrected chi connectivity index (χ4v) is 9.65. The Kier molecular flexibility index (Phi) is 23.2. The highest BCUT2D eigenvalue weighted by molar-refractivity contribution is 6.03. The number of nitrogens with zero attached hydrogens (tertiary/aromatic N) is 2. The monoisotopic (exact) mass is 872 g/mol. The lowest BCUT2D eigenvalue weighted by Crippen LogP contribution is -2.70. The van der Waals surface area contributed by atoms with Gasteiger partial charge in [-0.25, -0.2) is 9.59 Å². The molecule has 6 unspecified atom stereocenters. The first-order valence-corrected chi connectivity index (χ1v) is 23.5.